The minimum absolute atomic E-state index is 0.250. The van der Waals surface area contributed by atoms with Crippen LogP contribution in [0.3, 0.4) is 0 Å². The predicted molar refractivity (Wildman–Crippen MR) is 207 cm³/mol. The summed E-state index contributed by atoms with van der Waals surface area (Å²) < 4.78 is 5.93. The van der Waals surface area contributed by atoms with Crippen LogP contribution in [0.25, 0.3) is 0 Å². The second-order valence-electron chi connectivity index (χ2n) is 14.4. The van der Waals surface area contributed by atoms with E-state index in [0.717, 1.165) is 45.2 Å². The number of aliphatic hydroxyl groups is 1. The number of nitrogens with zero attached hydrogens (tertiary/aromatic N) is 1. The summed E-state index contributed by atoms with van der Waals surface area (Å²) in [6, 6.07) is 0. The first-order chi connectivity index (χ1) is 23.2. The van der Waals surface area contributed by atoms with Gasteiger partial charge in [0, 0.05) is 26.3 Å². The van der Waals surface area contributed by atoms with E-state index in [-0.39, 0.29) is 13.1 Å². The van der Waals surface area contributed by atoms with Crippen molar-refractivity contribution in [2.24, 2.45) is 5.92 Å². The number of rotatable bonds is 39. The molecule has 0 aromatic heterocycles. The molecule has 0 unspecified atom stereocenters. The van der Waals surface area contributed by atoms with Crippen molar-refractivity contribution in [3.05, 3.63) is 0 Å². The molecule has 0 amide bonds. The van der Waals surface area contributed by atoms with Crippen molar-refractivity contribution < 1.29 is 19.7 Å². The van der Waals surface area contributed by atoms with Gasteiger partial charge in [-0.15, -0.1) is 0 Å². The molecule has 0 saturated heterocycles. The van der Waals surface area contributed by atoms with Crippen molar-refractivity contribution >= 4 is 6.47 Å². The van der Waals surface area contributed by atoms with E-state index in [0.29, 0.717) is 0 Å². The van der Waals surface area contributed by atoms with Gasteiger partial charge in [0.15, 0.2) is 0 Å². The number of aliphatic hydroxyl groups excluding tert-OH is 1. The fraction of sp³-hybridized carbons (Fsp3) is 0.976. The first kappa shape index (κ1) is 48.5. The van der Waals surface area contributed by atoms with Gasteiger partial charge in [-0.3, -0.25) is 4.79 Å². The van der Waals surface area contributed by atoms with Gasteiger partial charge in [0.2, 0.25) is 0 Å². The Morgan fingerprint density at radius 2 is 0.787 bits per heavy atom. The molecule has 5 heteroatoms. The third kappa shape index (κ3) is 43.3. The van der Waals surface area contributed by atoms with Gasteiger partial charge in [-0.1, -0.05) is 201 Å². The van der Waals surface area contributed by atoms with Crippen LogP contribution in [0.4, 0.5) is 0 Å². The fourth-order valence-electron chi connectivity index (χ4n) is 6.82. The van der Waals surface area contributed by atoms with Crippen LogP contribution in [0.15, 0.2) is 0 Å². The van der Waals surface area contributed by atoms with E-state index >= 15 is 0 Å². The maximum absolute atomic E-state index is 9.53. The summed E-state index contributed by atoms with van der Waals surface area (Å²) >= 11 is 0. The quantitative estimate of drug-likeness (QED) is 0.0503. The van der Waals surface area contributed by atoms with E-state index in [4.69, 9.17) is 14.6 Å². The minimum Gasteiger partial charge on any atom is -0.483 e. The van der Waals surface area contributed by atoms with Crippen LogP contribution in [0.5, 0.6) is 0 Å². The Hall–Kier alpha value is -0.650. The van der Waals surface area contributed by atoms with Crippen LogP contribution in [0.2, 0.25) is 0 Å². The van der Waals surface area contributed by atoms with Gasteiger partial charge >= 0.3 is 0 Å². The van der Waals surface area contributed by atoms with Gasteiger partial charge in [0.05, 0.1) is 6.61 Å². The van der Waals surface area contributed by atoms with Crippen LogP contribution in [-0.4, -0.2) is 61.0 Å². The van der Waals surface area contributed by atoms with E-state index < -0.39 is 0 Å². The maximum Gasteiger partial charge on any atom is 0.290 e. The summed E-state index contributed by atoms with van der Waals surface area (Å²) in [6.45, 7) is 11.8. The standard InChI is InChI=1S/C41H85NO2.CH2O2/c1-4-7-10-13-16-17-18-19-25-30-39-44-40-31-36-42(37-38-43)35-29-24-20-23-28-34-41(32-26-21-14-11-8-5-2)33-27-22-15-12-9-6-3;2-1-3/h41,43H,4-40H2,1-3H3;1H,(H,2,3). The number of hydrogen-bond donors (Lipinski definition) is 2. The summed E-state index contributed by atoms with van der Waals surface area (Å²) in [4.78, 5) is 10.8. The number of carbonyl (C=O) groups is 1. The third-order valence-corrected chi connectivity index (χ3v) is 9.84. The van der Waals surface area contributed by atoms with E-state index in [9.17, 15) is 5.11 Å². The van der Waals surface area contributed by atoms with Crippen molar-refractivity contribution in [1.29, 1.82) is 0 Å². The molecule has 2 N–H and O–H groups in total. The van der Waals surface area contributed by atoms with Crippen molar-refractivity contribution in [2.45, 2.75) is 220 Å². The minimum atomic E-state index is -0.250. The molecule has 0 aliphatic heterocycles. The van der Waals surface area contributed by atoms with Crippen LogP contribution in [0.1, 0.15) is 220 Å². The highest BCUT2D eigenvalue weighted by atomic mass is 16.5. The monoisotopic (exact) mass is 670 g/mol. The first-order valence-electron chi connectivity index (χ1n) is 21.2. The Morgan fingerprint density at radius 1 is 0.468 bits per heavy atom. The highest BCUT2D eigenvalue weighted by Crippen LogP contribution is 2.25. The zero-order valence-corrected chi connectivity index (χ0v) is 32.5. The Kier molecular flexibility index (Phi) is 46.8. The lowest BCUT2D eigenvalue weighted by molar-refractivity contribution is -0.122. The largest absolute Gasteiger partial charge is 0.483 e. The summed E-state index contributed by atoms with van der Waals surface area (Å²) in [7, 11) is 0. The molecule has 0 aromatic rings. The summed E-state index contributed by atoms with van der Waals surface area (Å²) in [5.74, 6) is 0.986. The van der Waals surface area contributed by atoms with Crippen molar-refractivity contribution in [3.8, 4) is 0 Å². The third-order valence-electron chi connectivity index (χ3n) is 9.84. The Bertz CT molecular complexity index is 531. The summed E-state index contributed by atoms with van der Waals surface area (Å²) in [5, 5.41) is 16.4. The number of unbranched alkanes of at least 4 members (excludes halogenated alkanes) is 23. The topological polar surface area (TPSA) is 70.0 Å². The molecule has 0 aliphatic carbocycles. The Balaban J connectivity index is 0. The lowest BCUT2D eigenvalue weighted by atomic mass is 9.89. The first-order valence-corrected chi connectivity index (χ1v) is 21.2. The van der Waals surface area contributed by atoms with Crippen LogP contribution in [-0.2, 0) is 9.53 Å². The molecule has 0 atom stereocenters. The molecule has 0 heterocycles. The molecule has 0 aliphatic rings. The molecule has 0 bridgehead atoms. The Morgan fingerprint density at radius 3 is 1.19 bits per heavy atom. The van der Waals surface area contributed by atoms with E-state index in [1.54, 1.807) is 0 Å². The second kappa shape index (κ2) is 45.3. The number of hydrogen-bond acceptors (Lipinski definition) is 4. The molecule has 0 spiro atoms. The molecular formula is C42H87NO4. The lowest BCUT2D eigenvalue weighted by Gasteiger charge is -2.21. The van der Waals surface area contributed by atoms with Crippen LogP contribution < -0.4 is 0 Å². The van der Waals surface area contributed by atoms with Gasteiger partial charge in [0.1, 0.15) is 0 Å². The summed E-state index contributed by atoms with van der Waals surface area (Å²) in [6.07, 6.45) is 43.4. The fourth-order valence-corrected chi connectivity index (χ4v) is 6.82. The van der Waals surface area contributed by atoms with Gasteiger partial charge in [0.25, 0.3) is 6.47 Å². The van der Waals surface area contributed by atoms with E-state index in [2.05, 4.69) is 25.7 Å². The SMILES string of the molecule is CCCCCCCCCCCCOCCCN(CCO)CCCCCCCC(CCCCCCCC)CCCCCCCC.O=CO. The van der Waals surface area contributed by atoms with E-state index in [1.807, 2.05) is 0 Å². The molecule has 0 aromatic carbocycles. The molecule has 284 valence electrons. The van der Waals surface area contributed by atoms with Gasteiger partial charge in [-0.05, 0) is 31.7 Å². The van der Waals surface area contributed by atoms with E-state index in [1.165, 1.54) is 193 Å². The number of carboxylic acid groups (broad SMARTS) is 1. The second-order valence-corrected chi connectivity index (χ2v) is 14.4. The van der Waals surface area contributed by atoms with Crippen molar-refractivity contribution in [1.82, 2.24) is 4.90 Å². The van der Waals surface area contributed by atoms with Gasteiger partial charge < -0.3 is 19.8 Å². The average Bonchev–Trinajstić information content (AvgIpc) is 3.07. The van der Waals surface area contributed by atoms with Crippen LogP contribution >= 0.6 is 0 Å². The molecule has 47 heavy (non-hydrogen) atoms. The zero-order valence-electron chi connectivity index (χ0n) is 32.5. The maximum atomic E-state index is 9.53. The Labute approximate surface area is 295 Å². The molecule has 0 rings (SSSR count). The molecule has 0 radical (unpaired) electrons. The predicted octanol–water partition coefficient (Wildman–Crippen LogP) is 12.8. The smallest absolute Gasteiger partial charge is 0.290 e. The average molecular weight is 670 g/mol. The van der Waals surface area contributed by atoms with Gasteiger partial charge in [-0.2, -0.15) is 0 Å². The van der Waals surface area contributed by atoms with Gasteiger partial charge in [-0.25, -0.2) is 0 Å². The molecule has 0 fully saturated rings. The number of ether oxygens (including phenoxy) is 1. The lowest BCUT2D eigenvalue weighted by Crippen LogP contribution is -2.29. The van der Waals surface area contributed by atoms with Crippen LogP contribution in [0, 0.1) is 5.92 Å². The molecule has 0 saturated carbocycles. The highest BCUT2D eigenvalue weighted by Gasteiger charge is 2.09. The summed E-state index contributed by atoms with van der Waals surface area (Å²) in [5.41, 5.74) is 0. The van der Waals surface area contributed by atoms with Crippen molar-refractivity contribution in [2.75, 3.05) is 39.5 Å². The van der Waals surface area contributed by atoms with Crippen molar-refractivity contribution in [3.63, 3.8) is 0 Å². The normalized spacial score (nSPS) is 11.4. The zero-order chi connectivity index (χ0) is 34.7. The molecular weight excluding hydrogens is 582 g/mol. The molecule has 5 nitrogen and oxygen atoms in total. The highest BCUT2D eigenvalue weighted by molar-refractivity contribution is 5.32.